The fourth-order valence-corrected chi connectivity index (χ4v) is 2.51. The van der Waals surface area contributed by atoms with E-state index in [9.17, 15) is 13.2 Å². The lowest BCUT2D eigenvalue weighted by Gasteiger charge is -2.03. The van der Waals surface area contributed by atoms with E-state index >= 15 is 0 Å². The van der Waals surface area contributed by atoms with Crippen LogP contribution in [0.1, 0.15) is 11.1 Å². The van der Waals surface area contributed by atoms with Crippen LogP contribution < -0.4 is 0 Å². The Morgan fingerprint density at radius 1 is 1.25 bits per heavy atom. The van der Waals surface area contributed by atoms with Gasteiger partial charge in [0.25, 0.3) is 0 Å². The van der Waals surface area contributed by atoms with Gasteiger partial charge in [-0.2, -0.15) is 0 Å². The van der Waals surface area contributed by atoms with Crippen molar-refractivity contribution >= 4 is 15.8 Å². The summed E-state index contributed by atoms with van der Waals surface area (Å²) in [7, 11) is -2.26. The molecular formula is C11H14O4S. The number of carbonyl (C=O) groups is 1. The number of benzene rings is 1. The first-order chi connectivity index (χ1) is 7.43. The molecule has 88 valence electrons. The Morgan fingerprint density at radius 2 is 1.81 bits per heavy atom. The van der Waals surface area contributed by atoms with Crippen molar-refractivity contribution in [3.05, 3.63) is 35.4 Å². The molecule has 0 aliphatic heterocycles. The molecule has 0 saturated carbocycles. The fourth-order valence-electron chi connectivity index (χ4n) is 1.23. The van der Waals surface area contributed by atoms with Gasteiger partial charge in [-0.3, -0.25) is 4.79 Å². The molecule has 5 heteroatoms. The highest BCUT2D eigenvalue weighted by atomic mass is 32.2. The molecular weight excluding hydrogens is 228 g/mol. The highest BCUT2D eigenvalue weighted by Crippen LogP contribution is 2.08. The molecule has 1 rings (SSSR count). The lowest BCUT2D eigenvalue weighted by atomic mass is 10.2. The summed E-state index contributed by atoms with van der Waals surface area (Å²) < 4.78 is 27.4. The van der Waals surface area contributed by atoms with Crippen LogP contribution in [0.15, 0.2) is 24.3 Å². The van der Waals surface area contributed by atoms with Crippen LogP contribution in [0.4, 0.5) is 0 Å². The number of aryl methyl sites for hydroxylation is 1. The maximum atomic E-state index is 11.6. The number of rotatable bonds is 4. The van der Waals surface area contributed by atoms with Crippen molar-refractivity contribution in [2.45, 2.75) is 12.7 Å². The maximum Gasteiger partial charge on any atom is 0.320 e. The molecule has 0 fully saturated rings. The lowest BCUT2D eigenvalue weighted by Crippen LogP contribution is -2.18. The Morgan fingerprint density at radius 3 is 2.31 bits per heavy atom. The Bertz CT molecular complexity index is 459. The summed E-state index contributed by atoms with van der Waals surface area (Å²) >= 11 is 0. The van der Waals surface area contributed by atoms with E-state index in [2.05, 4.69) is 4.74 Å². The van der Waals surface area contributed by atoms with Crippen molar-refractivity contribution in [2.75, 3.05) is 12.9 Å². The van der Waals surface area contributed by atoms with Gasteiger partial charge in [-0.15, -0.1) is 0 Å². The standard InChI is InChI=1S/C11H14O4S/c1-9-3-5-10(6-4-9)7-16(13,14)8-11(12)15-2/h3-6H,7-8H2,1-2H3. The molecule has 0 spiro atoms. The zero-order chi connectivity index (χ0) is 12.2. The smallest absolute Gasteiger partial charge is 0.320 e. The molecule has 0 N–H and O–H groups in total. The first-order valence-corrected chi connectivity index (χ1v) is 6.58. The molecule has 0 amide bonds. The molecule has 1 aromatic carbocycles. The molecule has 0 heterocycles. The van der Waals surface area contributed by atoms with Crippen LogP contribution in [-0.4, -0.2) is 27.2 Å². The minimum absolute atomic E-state index is 0.137. The van der Waals surface area contributed by atoms with Gasteiger partial charge in [-0.25, -0.2) is 8.42 Å². The average molecular weight is 242 g/mol. The largest absolute Gasteiger partial charge is 0.468 e. The molecule has 0 aliphatic carbocycles. The van der Waals surface area contributed by atoms with Crippen LogP contribution >= 0.6 is 0 Å². The van der Waals surface area contributed by atoms with Crippen LogP contribution in [0.3, 0.4) is 0 Å². The van der Waals surface area contributed by atoms with Gasteiger partial charge in [0, 0.05) is 0 Å². The number of ether oxygens (including phenoxy) is 1. The van der Waals surface area contributed by atoms with Gasteiger partial charge in [0.05, 0.1) is 12.9 Å². The van der Waals surface area contributed by atoms with E-state index in [-0.39, 0.29) is 5.75 Å². The quantitative estimate of drug-likeness (QED) is 0.741. The number of sulfone groups is 1. The minimum Gasteiger partial charge on any atom is -0.468 e. The fraction of sp³-hybridized carbons (Fsp3) is 0.364. The van der Waals surface area contributed by atoms with E-state index in [1.165, 1.54) is 7.11 Å². The molecule has 0 unspecified atom stereocenters. The summed E-state index contributed by atoms with van der Waals surface area (Å²) in [5.74, 6) is -1.44. The van der Waals surface area contributed by atoms with Crippen LogP contribution in [0, 0.1) is 6.92 Å². The van der Waals surface area contributed by atoms with E-state index in [0.29, 0.717) is 5.56 Å². The average Bonchev–Trinajstić information content (AvgIpc) is 2.20. The molecule has 0 aliphatic rings. The Balaban J connectivity index is 2.73. The zero-order valence-corrected chi connectivity index (χ0v) is 10.1. The molecule has 0 radical (unpaired) electrons. The van der Waals surface area contributed by atoms with Gasteiger partial charge in [0.2, 0.25) is 0 Å². The number of methoxy groups -OCH3 is 1. The van der Waals surface area contributed by atoms with E-state index in [0.717, 1.165) is 5.56 Å². The lowest BCUT2D eigenvalue weighted by molar-refractivity contribution is -0.137. The Labute approximate surface area is 95.2 Å². The van der Waals surface area contributed by atoms with Gasteiger partial charge in [-0.1, -0.05) is 29.8 Å². The summed E-state index contributed by atoms with van der Waals surface area (Å²) in [5, 5.41) is 0. The van der Waals surface area contributed by atoms with E-state index in [4.69, 9.17) is 0 Å². The molecule has 0 bridgehead atoms. The van der Waals surface area contributed by atoms with Crippen molar-refractivity contribution in [1.29, 1.82) is 0 Å². The Kier molecular flexibility index (Phi) is 4.06. The molecule has 4 nitrogen and oxygen atoms in total. The molecule has 16 heavy (non-hydrogen) atoms. The third-order valence-electron chi connectivity index (χ3n) is 2.07. The molecule has 0 saturated heterocycles. The summed E-state index contributed by atoms with van der Waals surface area (Å²) in [6.07, 6.45) is 0. The van der Waals surface area contributed by atoms with Gasteiger partial charge >= 0.3 is 5.97 Å². The van der Waals surface area contributed by atoms with Crippen LogP contribution in [0.5, 0.6) is 0 Å². The third-order valence-corrected chi connectivity index (χ3v) is 3.52. The van der Waals surface area contributed by atoms with Crippen molar-refractivity contribution in [3.63, 3.8) is 0 Å². The molecule has 0 atom stereocenters. The second kappa shape index (κ2) is 5.12. The summed E-state index contributed by atoms with van der Waals surface area (Å²) in [4.78, 5) is 10.9. The number of hydrogen-bond donors (Lipinski definition) is 0. The minimum atomic E-state index is -3.43. The van der Waals surface area contributed by atoms with Gasteiger partial charge < -0.3 is 4.74 Å². The molecule has 0 aromatic heterocycles. The van der Waals surface area contributed by atoms with Crippen LogP contribution in [0.25, 0.3) is 0 Å². The van der Waals surface area contributed by atoms with E-state index in [1.807, 2.05) is 19.1 Å². The summed E-state index contributed by atoms with van der Waals surface area (Å²) in [6, 6.07) is 7.15. The second-order valence-electron chi connectivity index (χ2n) is 3.59. The van der Waals surface area contributed by atoms with Crippen molar-refractivity contribution in [1.82, 2.24) is 0 Å². The maximum absolute atomic E-state index is 11.6. The van der Waals surface area contributed by atoms with Crippen molar-refractivity contribution < 1.29 is 17.9 Å². The van der Waals surface area contributed by atoms with Crippen LogP contribution in [0.2, 0.25) is 0 Å². The van der Waals surface area contributed by atoms with E-state index in [1.54, 1.807) is 12.1 Å². The monoisotopic (exact) mass is 242 g/mol. The highest BCUT2D eigenvalue weighted by Gasteiger charge is 2.17. The third kappa shape index (κ3) is 4.02. The van der Waals surface area contributed by atoms with Crippen LogP contribution in [-0.2, 0) is 25.1 Å². The predicted octanol–water partition coefficient (Wildman–Crippen LogP) is 1.08. The normalized spacial score (nSPS) is 11.1. The number of hydrogen-bond acceptors (Lipinski definition) is 4. The summed E-state index contributed by atoms with van der Waals surface area (Å²) in [6.45, 7) is 1.92. The van der Waals surface area contributed by atoms with Gasteiger partial charge in [-0.05, 0) is 12.5 Å². The first kappa shape index (κ1) is 12.7. The van der Waals surface area contributed by atoms with Crippen molar-refractivity contribution in [2.24, 2.45) is 0 Å². The topological polar surface area (TPSA) is 60.4 Å². The summed E-state index contributed by atoms with van der Waals surface area (Å²) in [5.41, 5.74) is 1.74. The second-order valence-corrected chi connectivity index (χ2v) is 5.66. The number of carbonyl (C=O) groups excluding carboxylic acids is 1. The van der Waals surface area contributed by atoms with Gasteiger partial charge in [0.1, 0.15) is 5.75 Å². The first-order valence-electron chi connectivity index (χ1n) is 4.76. The Hall–Kier alpha value is -1.36. The van der Waals surface area contributed by atoms with Gasteiger partial charge in [0.15, 0.2) is 9.84 Å². The number of esters is 1. The predicted molar refractivity (Wildman–Crippen MR) is 60.7 cm³/mol. The van der Waals surface area contributed by atoms with Crippen molar-refractivity contribution in [3.8, 4) is 0 Å². The zero-order valence-electron chi connectivity index (χ0n) is 9.26. The van der Waals surface area contributed by atoms with E-state index < -0.39 is 21.6 Å². The highest BCUT2D eigenvalue weighted by molar-refractivity contribution is 7.91. The molecule has 1 aromatic rings. The SMILES string of the molecule is COC(=O)CS(=O)(=O)Cc1ccc(C)cc1.